The van der Waals surface area contributed by atoms with Crippen LogP contribution < -0.4 is 0 Å². The lowest BCUT2D eigenvalue weighted by molar-refractivity contribution is -0.152. The lowest BCUT2D eigenvalue weighted by Gasteiger charge is -2.31. The molecule has 0 aromatic heterocycles. The SMILES string of the molecule is C/C=C(\C)CCOC(=O)C(c1ccccc1)C1(O)CCCC1. The molecular formula is C19H26O3. The van der Waals surface area contributed by atoms with Crippen LogP contribution in [0.1, 0.15) is 57.4 Å². The molecular weight excluding hydrogens is 276 g/mol. The Balaban J connectivity index is 2.12. The van der Waals surface area contributed by atoms with Crippen molar-refractivity contribution in [3.05, 3.63) is 47.5 Å². The van der Waals surface area contributed by atoms with Crippen LogP contribution in [-0.4, -0.2) is 23.3 Å². The van der Waals surface area contributed by atoms with Crippen LogP contribution in [-0.2, 0) is 9.53 Å². The molecule has 1 saturated carbocycles. The number of aliphatic hydroxyl groups is 1. The number of carbonyl (C=O) groups is 1. The number of carbonyl (C=O) groups excluding carboxylic acids is 1. The first-order chi connectivity index (χ1) is 10.6. The Labute approximate surface area is 133 Å². The molecule has 0 amide bonds. The van der Waals surface area contributed by atoms with E-state index in [-0.39, 0.29) is 5.97 Å². The van der Waals surface area contributed by atoms with Gasteiger partial charge in [-0.3, -0.25) is 4.79 Å². The fourth-order valence-electron chi connectivity index (χ4n) is 3.13. The van der Waals surface area contributed by atoms with Crippen LogP contribution >= 0.6 is 0 Å². The molecule has 0 saturated heterocycles. The van der Waals surface area contributed by atoms with Gasteiger partial charge in [-0.25, -0.2) is 0 Å². The molecule has 0 bridgehead atoms. The molecule has 1 aliphatic rings. The average molecular weight is 302 g/mol. The van der Waals surface area contributed by atoms with E-state index in [4.69, 9.17) is 4.74 Å². The second-order valence-electron chi connectivity index (χ2n) is 6.21. The van der Waals surface area contributed by atoms with Gasteiger partial charge in [0.05, 0.1) is 12.2 Å². The van der Waals surface area contributed by atoms with E-state index >= 15 is 0 Å². The fraction of sp³-hybridized carbons (Fsp3) is 0.526. The molecule has 1 aromatic carbocycles. The molecule has 1 unspecified atom stereocenters. The van der Waals surface area contributed by atoms with Crippen molar-refractivity contribution in [1.82, 2.24) is 0 Å². The third kappa shape index (κ3) is 3.98. The van der Waals surface area contributed by atoms with Gasteiger partial charge in [-0.1, -0.05) is 54.8 Å². The highest BCUT2D eigenvalue weighted by Crippen LogP contribution is 2.42. The van der Waals surface area contributed by atoms with Crippen LogP contribution in [0.3, 0.4) is 0 Å². The number of rotatable bonds is 6. The van der Waals surface area contributed by atoms with E-state index in [1.807, 2.05) is 50.3 Å². The van der Waals surface area contributed by atoms with Crippen molar-refractivity contribution < 1.29 is 14.6 Å². The van der Waals surface area contributed by atoms with Crippen molar-refractivity contribution in [3.8, 4) is 0 Å². The first-order valence-electron chi connectivity index (χ1n) is 8.12. The van der Waals surface area contributed by atoms with Gasteiger partial charge < -0.3 is 9.84 Å². The highest BCUT2D eigenvalue weighted by molar-refractivity contribution is 5.80. The Morgan fingerprint density at radius 1 is 1.32 bits per heavy atom. The molecule has 22 heavy (non-hydrogen) atoms. The molecule has 120 valence electrons. The zero-order valence-corrected chi connectivity index (χ0v) is 13.5. The minimum atomic E-state index is -0.964. The highest BCUT2D eigenvalue weighted by atomic mass is 16.5. The molecule has 1 fully saturated rings. The van der Waals surface area contributed by atoms with Gasteiger partial charge >= 0.3 is 5.97 Å². The molecule has 3 nitrogen and oxygen atoms in total. The van der Waals surface area contributed by atoms with E-state index in [9.17, 15) is 9.90 Å². The van der Waals surface area contributed by atoms with Gasteiger partial charge in [0, 0.05) is 6.42 Å². The van der Waals surface area contributed by atoms with Gasteiger partial charge in [0.15, 0.2) is 0 Å². The van der Waals surface area contributed by atoms with Gasteiger partial charge in [-0.2, -0.15) is 0 Å². The number of allylic oxidation sites excluding steroid dienone is 1. The summed E-state index contributed by atoms with van der Waals surface area (Å²) in [6.45, 7) is 4.37. The second-order valence-corrected chi connectivity index (χ2v) is 6.21. The predicted octanol–water partition coefficient (Wildman–Crippen LogP) is 3.97. The van der Waals surface area contributed by atoms with Crippen molar-refractivity contribution >= 4 is 5.97 Å². The Bertz CT molecular complexity index is 513. The standard InChI is InChI=1S/C19H26O3/c1-3-15(2)11-14-22-18(20)17(16-9-5-4-6-10-16)19(21)12-7-8-13-19/h3-6,9-10,17,21H,7-8,11-14H2,1-2H3/b15-3+. The fourth-order valence-corrected chi connectivity index (χ4v) is 3.13. The number of esters is 1. The zero-order valence-electron chi connectivity index (χ0n) is 13.5. The molecule has 1 N–H and O–H groups in total. The lowest BCUT2D eigenvalue weighted by Crippen LogP contribution is -2.39. The summed E-state index contributed by atoms with van der Waals surface area (Å²) in [6.07, 6.45) is 6.01. The van der Waals surface area contributed by atoms with Crippen molar-refractivity contribution in [2.24, 2.45) is 0 Å². The molecule has 1 atom stereocenters. The molecule has 0 aliphatic heterocycles. The first-order valence-corrected chi connectivity index (χ1v) is 8.12. The summed E-state index contributed by atoms with van der Waals surface area (Å²) in [7, 11) is 0. The monoisotopic (exact) mass is 302 g/mol. The van der Waals surface area contributed by atoms with E-state index in [0.29, 0.717) is 19.4 Å². The Morgan fingerprint density at radius 2 is 1.95 bits per heavy atom. The minimum Gasteiger partial charge on any atom is -0.465 e. The van der Waals surface area contributed by atoms with Gasteiger partial charge in [-0.15, -0.1) is 0 Å². The van der Waals surface area contributed by atoms with E-state index in [1.165, 1.54) is 5.57 Å². The Morgan fingerprint density at radius 3 is 2.55 bits per heavy atom. The number of hydrogen-bond donors (Lipinski definition) is 1. The third-order valence-electron chi connectivity index (χ3n) is 4.61. The number of ether oxygens (including phenoxy) is 1. The maximum atomic E-state index is 12.6. The normalized spacial score (nSPS) is 19.0. The molecule has 2 rings (SSSR count). The summed E-state index contributed by atoms with van der Waals surface area (Å²) in [5, 5.41) is 10.9. The topological polar surface area (TPSA) is 46.5 Å². The third-order valence-corrected chi connectivity index (χ3v) is 4.61. The molecule has 0 radical (unpaired) electrons. The van der Waals surface area contributed by atoms with E-state index in [0.717, 1.165) is 24.8 Å². The minimum absolute atomic E-state index is 0.306. The lowest BCUT2D eigenvalue weighted by atomic mass is 9.81. The van der Waals surface area contributed by atoms with Gasteiger partial charge in [0.2, 0.25) is 0 Å². The summed E-state index contributed by atoms with van der Waals surface area (Å²) in [5.74, 6) is -0.887. The maximum Gasteiger partial charge on any atom is 0.316 e. The van der Waals surface area contributed by atoms with Crippen LogP contribution in [0, 0.1) is 0 Å². The quantitative estimate of drug-likeness (QED) is 0.639. The van der Waals surface area contributed by atoms with Crippen molar-refractivity contribution in [2.45, 2.75) is 57.5 Å². The summed E-state index contributed by atoms with van der Waals surface area (Å²) in [5.41, 5.74) is 1.08. The highest BCUT2D eigenvalue weighted by Gasteiger charge is 2.45. The summed E-state index contributed by atoms with van der Waals surface area (Å²) < 4.78 is 5.47. The van der Waals surface area contributed by atoms with Crippen LogP contribution in [0.5, 0.6) is 0 Å². The van der Waals surface area contributed by atoms with E-state index in [1.54, 1.807) is 0 Å². The summed E-state index contributed by atoms with van der Waals surface area (Å²) in [4.78, 5) is 12.6. The van der Waals surface area contributed by atoms with Crippen molar-refractivity contribution in [3.63, 3.8) is 0 Å². The van der Waals surface area contributed by atoms with Gasteiger partial charge in [0.1, 0.15) is 5.92 Å². The zero-order chi connectivity index (χ0) is 16.0. The van der Waals surface area contributed by atoms with Crippen LogP contribution in [0.15, 0.2) is 42.0 Å². The first kappa shape index (κ1) is 16.8. The Hall–Kier alpha value is -1.61. The second kappa shape index (κ2) is 7.59. The molecule has 1 aromatic rings. The van der Waals surface area contributed by atoms with Crippen LogP contribution in [0.2, 0.25) is 0 Å². The van der Waals surface area contributed by atoms with Crippen molar-refractivity contribution in [2.75, 3.05) is 6.61 Å². The molecule has 1 aliphatic carbocycles. The maximum absolute atomic E-state index is 12.6. The van der Waals surface area contributed by atoms with Crippen LogP contribution in [0.4, 0.5) is 0 Å². The van der Waals surface area contributed by atoms with Gasteiger partial charge in [0.25, 0.3) is 0 Å². The summed E-state index contributed by atoms with van der Waals surface area (Å²) >= 11 is 0. The molecule has 3 heteroatoms. The van der Waals surface area contributed by atoms with Crippen LogP contribution in [0.25, 0.3) is 0 Å². The Kier molecular flexibility index (Phi) is 5.78. The molecule has 0 heterocycles. The predicted molar refractivity (Wildman–Crippen MR) is 87.6 cm³/mol. The number of benzene rings is 1. The average Bonchev–Trinajstić information content (AvgIpc) is 2.95. The largest absolute Gasteiger partial charge is 0.465 e. The molecule has 0 spiro atoms. The number of hydrogen-bond acceptors (Lipinski definition) is 3. The van der Waals surface area contributed by atoms with Crippen molar-refractivity contribution in [1.29, 1.82) is 0 Å². The van der Waals surface area contributed by atoms with Gasteiger partial charge in [-0.05, 0) is 32.3 Å². The smallest absolute Gasteiger partial charge is 0.316 e. The van der Waals surface area contributed by atoms with E-state index in [2.05, 4.69) is 0 Å². The summed E-state index contributed by atoms with van der Waals surface area (Å²) in [6, 6.07) is 9.52. The van der Waals surface area contributed by atoms with E-state index < -0.39 is 11.5 Å².